The van der Waals surface area contributed by atoms with Gasteiger partial charge in [-0.25, -0.2) is 0 Å². The molecular formula is C22H24ClN3O4. The summed E-state index contributed by atoms with van der Waals surface area (Å²) in [5.41, 5.74) is 4.42. The van der Waals surface area contributed by atoms with Crippen molar-refractivity contribution in [3.63, 3.8) is 0 Å². The van der Waals surface area contributed by atoms with Crippen molar-refractivity contribution in [3.05, 3.63) is 53.1 Å². The van der Waals surface area contributed by atoms with Crippen LogP contribution in [0.25, 0.3) is 0 Å². The number of halogens is 1. The number of fused-ring (bicyclic) bond motifs is 2. The van der Waals surface area contributed by atoms with E-state index in [4.69, 9.17) is 9.47 Å². The van der Waals surface area contributed by atoms with Crippen LogP contribution in [-0.4, -0.2) is 31.6 Å². The molecule has 0 bridgehead atoms. The van der Waals surface area contributed by atoms with Gasteiger partial charge in [0.05, 0.1) is 5.92 Å². The van der Waals surface area contributed by atoms with Gasteiger partial charge in [-0.2, -0.15) is 0 Å². The minimum atomic E-state index is -0.355. The van der Waals surface area contributed by atoms with Gasteiger partial charge in [0.1, 0.15) is 13.2 Å². The van der Waals surface area contributed by atoms with E-state index < -0.39 is 0 Å². The summed E-state index contributed by atoms with van der Waals surface area (Å²) in [7, 11) is 0. The molecule has 0 spiro atoms. The second-order valence-corrected chi connectivity index (χ2v) is 7.66. The summed E-state index contributed by atoms with van der Waals surface area (Å²) < 4.78 is 11.1. The lowest BCUT2D eigenvalue weighted by Crippen LogP contribution is -2.32. The third-order valence-corrected chi connectivity index (χ3v) is 5.70. The van der Waals surface area contributed by atoms with Crippen molar-refractivity contribution in [3.8, 4) is 11.5 Å². The summed E-state index contributed by atoms with van der Waals surface area (Å²) in [6.45, 7) is 3.64. The molecule has 1 atom stereocenters. The molecule has 1 fully saturated rings. The predicted octanol–water partition coefficient (Wildman–Crippen LogP) is 2.15. The van der Waals surface area contributed by atoms with Crippen LogP contribution >= 0.6 is 12.4 Å². The highest BCUT2D eigenvalue weighted by atomic mass is 35.5. The van der Waals surface area contributed by atoms with Gasteiger partial charge in [0, 0.05) is 44.4 Å². The van der Waals surface area contributed by atoms with Gasteiger partial charge in [0.25, 0.3) is 0 Å². The Balaban J connectivity index is 0.00000218. The number of ether oxygens (including phenoxy) is 2. The number of nitrogens with zero attached hydrogens (tertiary/aromatic N) is 1. The SMILES string of the molecule is Cl.O=C(NCc1ccc2c(c1)CNC2)C1CC(=O)N(c2ccc3c(c2)OCCO3)C1. The van der Waals surface area contributed by atoms with Crippen molar-refractivity contribution in [2.24, 2.45) is 5.92 Å². The molecule has 8 heteroatoms. The smallest absolute Gasteiger partial charge is 0.227 e. The van der Waals surface area contributed by atoms with E-state index in [0.29, 0.717) is 37.8 Å². The Morgan fingerprint density at radius 2 is 1.87 bits per heavy atom. The summed E-state index contributed by atoms with van der Waals surface area (Å²) in [6, 6.07) is 11.8. The Bertz CT molecular complexity index is 981. The van der Waals surface area contributed by atoms with Crippen LogP contribution in [0.3, 0.4) is 0 Å². The molecule has 1 unspecified atom stereocenters. The zero-order valence-corrected chi connectivity index (χ0v) is 17.3. The van der Waals surface area contributed by atoms with E-state index in [2.05, 4.69) is 22.8 Å². The average molecular weight is 430 g/mol. The molecule has 1 saturated heterocycles. The van der Waals surface area contributed by atoms with E-state index in [-0.39, 0.29) is 36.6 Å². The van der Waals surface area contributed by atoms with E-state index >= 15 is 0 Å². The third kappa shape index (κ3) is 3.95. The van der Waals surface area contributed by atoms with Gasteiger partial charge >= 0.3 is 0 Å². The molecule has 0 aliphatic carbocycles. The van der Waals surface area contributed by atoms with Gasteiger partial charge in [0.2, 0.25) is 11.8 Å². The van der Waals surface area contributed by atoms with Gasteiger partial charge in [-0.05, 0) is 28.8 Å². The first-order valence-electron chi connectivity index (χ1n) is 9.96. The topological polar surface area (TPSA) is 79.9 Å². The predicted molar refractivity (Wildman–Crippen MR) is 114 cm³/mol. The fraction of sp³-hybridized carbons (Fsp3) is 0.364. The lowest BCUT2D eigenvalue weighted by molar-refractivity contribution is -0.126. The maximum atomic E-state index is 12.7. The molecule has 2 aromatic rings. The third-order valence-electron chi connectivity index (χ3n) is 5.70. The van der Waals surface area contributed by atoms with Crippen LogP contribution in [0.2, 0.25) is 0 Å². The van der Waals surface area contributed by atoms with E-state index in [9.17, 15) is 9.59 Å². The standard InChI is InChI=1S/C22H23N3O4.ClH/c26-21-8-17(13-25(21)18-3-4-19-20(9-18)29-6-5-28-19)22(27)24-10-14-1-2-15-11-23-12-16(15)7-14;/h1-4,7,9,17,23H,5-6,8,10-13H2,(H,24,27);1H. The number of amides is 2. The quantitative estimate of drug-likeness (QED) is 0.778. The largest absolute Gasteiger partial charge is 0.486 e. The van der Waals surface area contributed by atoms with Crippen LogP contribution in [0.5, 0.6) is 11.5 Å². The molecule has 2 amide bonds. The van der Waals surface area contributed by atoms with Crippen molar-refractivity contribution < 1.29 is 19.1 Å². The molecule has 30 heavy (non-hydrogen) atoms. The van der Waals surface area contributed by atoms with E-state index in [0.717, 1.165) is 24.3 Å². The monoisotopic (exact) mass is 429 g/mol. The van der Waals surface area contributed by atoms with E-state index in [1.54, 1.807) is 4.90 Å². The molecule has 3 heterocycles. The Morgan fingerprint density at radius 1 is 1.07 bits per heavy atom. The summed E-state index contributed by atoms with van der Waals surface area (Å²) in [5, 5.41) is 6.31. The first-order valence-corrected chi connectivity index (χ1v) is 9.96. The number of anilines is 1. The van der Waals surface area contributed by atoms with Crippen LogP contribution < -0.4 is 25.0 Å². The number of rotatable bonds is 4. The minimum Gasteiger partial charge on any atom is -0.486 e. The number of hydrogen-bond acceptors (Lipinski definition) is 5. The van der Waals surface area contributed by atoms with Crippen LogP contribution in [-0.2, 0) is 29.2 Å². The van der Waals surface area contributed by atoms with Gasteiger partial charge in [-0.3, -0.25) is 9.59 Å². The minimum absolute atomic E-state index is 0. The molecule has 2 N–H and O–H groups in total. The van der Waals surface area contributed by atoms with Crippen LogP contribution in [0, 0.1) is 5.92 Å². The summed E-state index contributed by atoms with van der Waals surface area (Å²) >= 11 is 0. The number of carbonyl (C=O) groups excluding carboxylic acids is 2. The van der Waals surface area contributed by atoms with Crippen molar-refractivity contribution in [2.45, 2.75) is 26.1 Å². The lowest BCUT2D eigenvalue weighted by Gasteiger charge is -2.22. The normalized spacial score (nSPS) is 19.3. The molecule has 0 saturated carbocycles. The van der Waals surface area contributed by atoms with Gasteiger partial charge in [0.15, 0.2) is 11.5 Å². The fourth-order valence-electron chi connectivity index (χ4n) is 4.12. The fourth-order valence-corrected chi connectivity index (χ4v) is 4.12. The number of nitrogens with one attached hydrogen (secondary N) is 2. The molecule has 0 radical (unpaired) electrons. The second-order valence-electron chi connectivity index (χ2n) is 7.66. The highest BCUT2D eigenvalue weighted by molar-refractivity contribution is 6.00. The maximum absolute atomic E-state index is 12.7. The molecule has 2 aromatic carbocycles. The van der Waals surface area contributed by atoms with Crippen LogP contribution in [0.4, 0.5) is 5.69 Å². The molecule has 7 nitrogen and oxygen atoms in total. The Labute approximate surface area is 181 Å². The maximum Gasteiger partial charge on any atom is 0.227 e. The molecule has 158 valence electrons. The first-order chi connectivity index (χ1) is 14.2. The van der Waals surface area contributed by atoms with Crippen molar-refractivity contribution >= 4 is 29.9 Å². The molecular weight excluding hydrogens is 406 g/mol. The number of hydrogen-bond donors (Lipinski definition) is 2. The molecule has 5 rings (SSSR count). The van der Waals surface area contributed by atoms with E-state index in [1.807, 2.05) is 24.3 Å². The van der Waals surface area contributed by atoms with Gasteiger partial charge in [-0.1, -0.05) is 18.2 Å². The lowest BCUT2D eigenvalue weighted by atomic mass is 10.1. The second kappa shape index (κ2) is 8.53. The van der Waals surface area contributed by atoms with Crippen molar-refractivity contribution in [1.82, 2.24) is 10.6 Å². The summed E-state index contributed by atoms with van der Waals surface area (Å²) in [6.07, 6.45) is 0.217. The summed E-state index contributed by atoms with van der Waals surface area (Å²) in [5.74, 6) is 0.834. The molecule has 3 aliphatic rings. The van der Waals surface area contributed by atoms with E-state index in [1.165, 1.54) is 11.1 Å². The zero-order valence-electron chi connectivity index (χ0n) is 16.5. The van der Waals surface area contributed by atoms with Crippen LogP contribution in [0.15, 0.2) is 36.4 Å². The Kier molecular flexibility index (Phi) is 5.83. The van der Waals surface area contributed by atoms with Crippen LogP contribution in [0.1, 0.15) is 23.1 Å². The zero-order chi connectivity index (χ0) is 19.8. The first kappa shape index (κ1) is 20.5. The summed E-state index contributed by atoms with van der Waals surface area (Å²) in [4.78, 5) is 26.8. The Morgan fingerprint density at radius 3 is 2.73 bits per heavy atom. The molecule has 0 aromatic heterocycles. The van der Waals surface area contributed by atoms with Gasteiger partial charge < -0.3 is 25.0 Å². The number of carbonyl (C=O) groups is 2. The number of benzene rings is 2. The van der Waals surface area contributed by atoms with Crippen molar-refractivity contribution in [1.29, 1.82) is 0 Å². The highest BCUT2D eigenvalue weighted by Gasteiger charge is 2.35. The van der Waals surface area contributed by atoms with Gasteiger partial charge in [-0.15, -0.1) is 12.4 Å². The molecule has 3 aliphatic heterocycles. The van der Waals surface area contributed by atoms with Crippen molar-refractivity contribution in [2.75, 3.05) is 24.7 Å². The Hall–Kier alpha value is -2.77. The highest BCUT2D eigenvalue weighted by Crippen LogP contribution is 2.36. The average Bonchev–Trinajstić information content (AvgIpc) is 3.37.